The number of benzene rings is 1. The Morgan fingerprint density at radius 3 is 2.61 bits per heavy atom. The summed E-state index contributed by atoms with van der Waals surface area (Å²) in [6.07, 6.45) is 3.27. The highest BCUT2D eigenvalue weighted by molar-refractivity contribution is 5.85. The van der Waals surface area contributed by atoms with Gasteiger partial charge in [0.25, 0.3) is 0 Å². The zero-order valence-corrected chi connectivity index (χ0v) is 11.7. The van der Waals surface area contributed by atoms with Crippen LogP contribution in [0.5, 0.6) is 0 Å². The molecule has 3 N–H and O–H groups in total. The number of halogens is 1. The van der Waals surface area contributed by atoms with Crippen LogP contribution < -0.4 is 11.1 Å². The minimum absolute atomic E-state index is 0. The molecule has 102 valence electrons. The second kappa shape index (κ2) is 9.92. The van der Waals surface area contributed by atoms with Crippen molar-refractivity contribution in [3.8, 4) is 0 Å². The fraction of sp³-hybridized carbons (Fsp3) is 0.500. The van der Waals surface area contributed by atoms with E-state index >= 15 is 0 Å². The zero-order chi connectivity index (χ0) is 12.5. The molecule has 0 aliphatic carbocycles. The molecule has 0 radical (unpaired) electrons. The highest BCUT2D eigenvalue weighted by atomic mass is 35.5. The Hall–Kier alpha value is -1.06. The molecule has 0 aromatic heterocycles. The van der Waals surface area contributed by atoms with Gasteiger partial charge in [-0.15, -0.1) is 12.4 Å². The number of amides is 1. The maximum absolute atomic E-state index is 11.4. The van der Waals surface area contributed by atoms with E-state index in [2.05, 4.69) is 17.4 Å². The van der Waals surface area contributed by atoms with E-state index in [4.69, 9.17) is 5.73 Å². The Morgan fingerprint density at radius 2 is 2.00 bits per heavy atom. The van der Waals surface area contributed by atoms with Gasteiger partial charge in [0.05, 0.1) is 0 Å². The summed E-state index contributed by atoms with van der Waals surface area (Å²) < 4.78 is 0. The van der Waals surface area contributed by atoms with Crippen LogP contribution in [0.1, 0.15) is 31.7 Å². The fourth-order valence-electron chi connectivity index (χ4n) is 1.61. The van der Waals surface area contributed by atoms with Crippen molar-refractivity contribution in [2.45, 2.75) is 38.6 Å². The minimum Gasteiger partial charge on any atom is -0.356 e. The molecule has 1 aromatic carbocycles. The van der Waals surface area contributed by atoms with Crippen LogP contribution in [0.3, 0.4) is 0 Å². The molecular weight excluding hydrogens is 248 g/mol. The van der Waals surface area contributed by atoms with Crippen molar-refractivity contribution in [2.24, 2.45) is 5.73 Å². The lowest BCUT2D eigenvalue weighted by molar-refractivity contribution is -0.121. The van der Waals surface area contributed by atoms with Gasteiger partial charge >= 0.3 is 0 Å². The topological polar surface area (TPSA) is 55.1 Å². The van der Waals surface area contributed by atoms with E-state index in [1.54, 1.807) is 0 Å². The molecule has 0 aliphatic heterocycles. The molecule has 0 bridgehead atoms. The lowest BCUT2D eigenvalue weighted by Crippen LogP contribution is -2.26. The quantitative estimate of drug-likeness (QED) is 0.747. The second-order valence-electron chi connectivity index (χ2n) is 4.46. The number of nitrogens with one attached hydrogen (secondary N) is 1. The molecule has 1 atom stereocenters. The van der Waals surface area contributed by atoms with Crippen molar-refractivity contribution in [1.29, 1.82) is 0 Å². The average molecular weight is 271 g/mol. The first-order chi connectivity index (χ1) is 8.18. The summed E-state index contributed by atoms with van der Waals surface area (Å²) in [4.78, 5) is 11.4. The van der Waals surface area contributed by atoms with Crippen LogP contribution in [0, 0.1) is 0 Å². The van der Waals surface area contributed by atoms with Crippen molar-refractivity contribution in [2.75, 3.05) is 6.54 Å². The molecule has 18 heavy (non-hydrogen) atoms. The highest BCUT2D eigenvalue weighted by Gasteiger charge is 2.02. The fourth-order valence-corrected chi connectivity index (χ4v) is 1.61. The molecule has 0 heterocycles. The maximum atomic E-state index is 11.4. The third-order valence-electron chi connectivity index (χ3n) is 2.63. The third kappa shape index (κ3) is 8.09. The van der Waals surface area contributed by atoms with Gasteiger partial charge in [-0.25, -0.2) is 0 Å². The van der Waals surface area contributed by atoms with Gasteiger partial charge < -0.3 is 11.1 Å². The normalized spacial score (nSPS) is 11.4. The first-order valence-electron chi connectivity index (χ1n) is 6.24. The van der Waals surface area contributed by atoms with Crippen molar-refractivity contribution < 1.29 is 4.79 Å². The standard InChI is InChI=1S/C14H22N2O.ClH/c1-12(15)9-10-14(17)16-11-5-8-13-6-3-2-4-7-13;/h2-4,6-7,12H,5,8-11,15H2,1H3,(H,16,17);1H. The molecule has 3 nitrogen and oxygen atoms in total. The molecule has 1 amide bonds. The summed E-state index contributed by atoms with van der Waals surface area (Å²) in [6, 6.07) is 10.4. The molecule has 1 unspecified atom stereocenters. The summed E-state index contributed by atoms with van der Waals surface area (Å²) >= 11 is 0. The van der Waals surface area contributed by atoms with E-state index in [-0.39, 0.29) is 24.4 Å². The Labute approximate surface area is 116 Å². The van der Waals surface area contributed by atoms with Crippen LogP contribution in [0.15, 0.2) is 30.3 Å². The molecule has 0 spiro atoms. The molecule has 0 saturated heterocycles. The smallest absolute Gasteiger partial charge is 0.220 e. The van der Waals surface area contributed by atoms with Crippen LogP contribution in [0.4, 0.5) is 0 Å². The van der Waals surface area contributed by atoms with Gasteiger partial charge in [-0.2, -0.15) is 0 Å². The first-order valence-corrected chi connectivity index (χ1v) is 6.24. The molecule has 0 fully saturated rings. The number of hydrogen-bond donors (Lipinski definition) is 2. The molecule has 0 saturated carbocycles. The van der Waals surface area contributed by atoms with Gasteiger partial charge in [-0.05, 0) is 31.7 Å². The lowest BCUT2D eigenvalue weighted by Gasteiger charge is -2.06. The van der Waals surface area contributed by atoms with Gasteiger partial charge in [0.1, 0.15) is 0 Å². The van der Waals surface area contributed by atoms with Crippen LogP contribution in [-0.2, 0) is 11.2 Å². The Kier molecular flexibility index (Phi) is 9.33. The number of rotatable bonds is 7. The molecule has 1 rings (SSSR count). The van der Waals surface area contributed by atoms with E-state index in [1.165, 1.54) is 5.56 Å². The maximum Gasteiger partial charge on any atom is 0.220 e. The van der Waals surface area contributed by atoms with Crippen LogP contribution >= 0.6 is 12.4 Å². The SMILES string of the molecule is CC(N)CCC(=O)NCCCc1ccccc1.Cl. The predicted octanol–water partition coefficient (Wildman–Crippen LogP) is 2.28. The van der Waals surface area contributed by atoms with Crippen LogP contribution in [0.25, 0.3) is 0 Å². The monoisotopic (exact) mass is 270 g/mol. The van der Waals surface area contributed by atoms with Crippen molar-refractivity contribution in [3.63, 3.8) is 0 Å². The number of hydrogen-bond acceptors (Lipinski definition) is 2. The van der Waals surface area contributed by atoms with Gasteiger partial charge in [-0.3, -0.25) is 4.79 Å². The summed E-state index contributed by atoms with van der Waals surface area (Å²) in [5, 5.41) is 2.91. The highest BCUT2D eigenvalue weighted by Crippen LogP contribution is 2.01. The molecule has 0 aliphatic rings. The Bertz CT molecular complexity index is 328. The minimum atomic E-state index is 0. The zero-order valence-electron chi connectivity index (χ0n) is 10.9. The van der Waals surface area contributed by atoms with Gasteiger partial charge in [-0.1, -0.05) is 30.3 Å². The van der Waals surface area contributed by atoms with Crippen LogP contribution in [0.2, 0.25) is 0 Å². The van der Waals surface area contributed by atoms with Crippen molar-refractivity contribution >= 4 is 18.3 Å². The predicted molar refractivity (Wildman–Crippen MR) is 77.9 cm³/mol. The van der Waals surface area contributed by atoms with Crippen LogP contribution in [-0.4, -0.2) is 18.5 Å². The summed E-state index contributed by atoms with van der Waals surface area (Å²) in [6.45, 7) is 2.66. The molecular formula is C14H23ClN2O. The summed E-state index contributed by atoms with van der Waals surface area (Å²) in [5.41, 5.74) is 6.91. The molecule has 1 aromatic rings. The van der Waals surface area contributed by atoms with Gasteiger partial charge in [0.15, 0.2) is 0 Å². The number of aryl methyl sites for hydroxylation is 1. The number of carbonyl (C=O) groups is 1. The third-order valence-corrected chi connectivity index (χ3v) is 2.63. The number of carbonyl (C=O) groups excluding carboxylic acids is 1. The van der Waals surface area contributed by atoms with Gasteiger partial charge in [0.2, 0.25) is 5.91 Å². The van der Waals surface area contributed by atoms with Gasteiger partial charge in [0, 0.05) is 19.0 Å². The summed E-state index contributed by atoms with van der Waals surface area (Å²) in [7, 11) is 0. The average Bonchev–Trinajstić information content (AvgIpc) is 2.33. The number of nitrogens with two attached hydrogens (primary N) is 1. The van der Waals surface area contributed by atoms with E-state index in [0.717, 1.165) is 25.8 Å². The Morgan fingerprint density at radius 1 is 1.33 bits per heavy atom. The largest absolute Gasteiger partial charge is 0.356 e. The lowest BCUT2D eigenvalue weighted by atomic mass is 10.1. The van der Waals surface area contributed by atoms with E-state index in [1.807, 2.05) is 25.1 Å². The first kappa shape index (κ1) is 16.9. The van der Waals surface area contributed by atoms with Crippen molar-refractivity contribution in [3.05, 3.63) is 35.9 Å². The van der Waals surface area contributed by atoms with E-state index in [9.17, 15) is 4.79 Å². The summed E-state index contributed by atoms with van der Waals surface area (Å²) in [5.74, 6) is 0.107. The van der Waals surface area contributed by atoms with E-state index in [0.29, 0.717) is 6.42 Å². The van der Waals surface area contributed by atoms with Crippen molar-refractivity contribution in [1.82, 2.24) is 5.32 Å². The van der Waals surface area contributed by atoms with E-state index < -0.39 is 0 Å². The Balaban J connectivity index is 0.00000289. The second-order valence-corrected chi connectivity index (χ2v) is 4.46. The molecule has 4 heteroatoms.